The number of methoxy groups -OCH3 is 1. The molecule has 0 aliphatic rings. The first-order valence-electron chi connectivity index (χ1n) is 5.56. The van der Waals surface area contributed by atoms with Gasteiger partial charge in [-0.25, -0.2) is 0 Å². The summed E-state index contributed by atoms with van der Waals surface area (Å²) in [5.74, 6) is 0.337. The summed E-state index contributed by atoms with van der Waals surface area (Å²) in [5.41, 5.74) is 0.0180. The molecule has 0 radical (unpaired) electrons. The van der Waals surface area contributed by atoms with Gasteiger partial charge in [0.05, 0.1) is 4.92 Å². The molecule has 1 aromatic rings. The van der Waals surface area contributed by atoms with Crippen molar-refractivity contribution in [3.63, 3.8) is 0 Å². The van der Waals surface area contributed by atoms with Crippen molar-refractivity contribution in [2.45, 2.75) is 19.3 Å². The van der Waals surface area contributed by atoms with Gasteiger partial charge in [-0.3, -0.25) is 14.8 Å². The molecule has 1 rings (SSSR count). The number of nitrogens with one attached hydrogen (secondary N) is 1. The Bertz CT molecular complexity index is 364. The Morgan fingerprint density at radius 3 is 2.94 bits per heavy atom. The number of nitrogens with zero attached hydrogens (tertiary/aromatic N) is 3. The van der Waals surface area contributed by atoms with Crippen LogP contribution in [0.2, 0.25) is 0 Å². The number of ether oxygens (including phenoxy) is 1. The Hall–Kier alpha value is -1.63. The van der Waals surface area contributed by atoms with Crippen LogP contribution >= 0.6 is 0 Å². The topological polar surface area (TPSA) is 82.2 Å². The second-order valence-corrected chi connectivity index (χ2v) is 3.77. The number of hydrogen-bond acceptors (Lipinski definition) is 5. The van der Waals surface area contributed by atoms with Crippen molar-refractivity contribution in [2.75, 3.05) is 25.6 Å². The molecule has 0 bridgehead atoms. The zero-order valence-electron chi connectivity index (χ0n) is 10.2. The highest BCUT2D eigenvalue weighted by Crippen LogP contribution is 2.21. The molecule has 0 aromatic carbocycles. The highest BCUT2D eigenvalue weighted by atomic mass is 16.6. The van der Waals surface area contributed by atoms with E-state index in [4.69, 9.17) is 4.74 Å². The van der Waals surface area contributed by atoms with Crippen LogP contribution in [-0.2, 0) is 11.8 Å². The summed E-state index contributed by atoms with van der Waals surface area (Å²) in [7, 11) is 3.34. The molecule has 96 valence electrons. The third kappa shape index (κ3) is 4.39. The number of rotatable bonds is 8. The Morgan fingerprint density at radius 2 is 2.29 bits per heavy atom. The second-order valence-electron chi connectivity index (χ2n) is 3.77. The van der Waals surface area contributed by atoms with Crippen LogP contribution in [-0.4, -0.2) is 35.0 Å². The standard InChI is InChI=1S/C10H18N4O3/c1-13-8-9(14(15)16)10(12-13)11-6-4-3-5-7-17-2/h8H,3-7H2,1-2H3,(H,11,12). The van der Waals surface area contributed by atoms with Gasteiger partial charge in [0.15, 0.2) is 0 Å². The molecule has 0 amide bonds. The van der Waals surface area contributed by atoms with Gasteiger partial charge >= 0.3 is 5.69 Å². The molecule has 1 heterocycles. The smallest absolute Gasteiger partial charge is 0.330 e. The van der Waals surface area contributed by atoms with Gasteiger partial charge in [-0.05, 0) is 19.3 Å². The first-order chi connectivity index (χ1) is 8.15. The normalized spacial score (nSPS) is 10.5. The van der Waals surface area contributed by atoms with Gasteiger partial charge in [0.2, 0.25) is 5.82 Å². The third-order valence-corrected chi connectivity index (χ3v) is 2.32. The fraction of sp³-hybridized carbons (Fsp3) is 0.700. The van der Waals surface area contributed by atoms with E-state index in [1.807, 2.05) is 0 Å². The molecule has 17 heavy (non-hydrogen) atoms. The predicted molar refractivity (Wildman–Crippen MR) is 64.1 cm³/mol. The van der Waals surface area contributed by atoms with Gasteiger partial charge in [0.25, 0.3) is 0 Å². The molecule has 0 saturated heterocycles. The number of anilines is 1. The maximum atomic E-state index is 10.7. The Morgan fingerprint density at radius 1 is 1.53 bits per heavy atom. The van der Waals surface area contributed by atoms with Crippen molar-refractivity contribution in [1.82, 2.24) is 9.78 Å². The van der Waals surface area contributed by atoms with Crippen LogP contribution in [0.4, 0.5) is 11.5 Å². The lowest BCUT2D eigenvalue weighted by molar-refractivity contribution is -0.384. The lowest BCUT2D eigenvalue weighted by Gasteiger charge is -2.02. The number of aromatic nitrogens is 2. The molecule has 0 atom stereocenters. The van der Waals surface area contributed by atoms with Gasteiger partial charge in [-0.15, -0.1) is 5.10 Å². The van der Waals surface area contributed by atoms with E-state index in [-0.39, 0.29) is 5.69 Å². The van der Waals surface area contributed by atoms with Gasteiger partial charge < -0.3 is 10.1 Å². The van der Waals surface area contributed by atoms with Crippen LogP contribution in [0.3, 0.4) is 0 Å². The molecule has 0 unspecified atom stereocenters. The summed E-state index contributed by atoms with van der Waals surface area (Å²) < 4.78 is 6.37. The van der Waals surface area contributed by atoms with Gasteiger partial charge in [0, 0.05) is 27.3 Å². The zero-order valence-corrected chi connectivity index (χ0v) is 10.2. The van der Waals surface area contributed by atoms with E-state index in [1.54, 1.807) is 14.2 Å². The third-order valence-electron chi connectivity index (χ3n) is 2.32. The lowest BCUT2D eigenvalue weighted by Crippen LogP contribution is -2.04. The van der Waals surface area contributed by atoms with E-state index in [0.29, 0.717) is 12.4 Å². The minimum atomic E-state index is -0.430. The second kappa shape index (κ2) is 6.85. The van der Waals surface area contributed by atoms with Crippen molar-refractivity contribution in [2.24, 2.45) is 7.05 Å². The zero-order chi connectivity index (χ0) is 12.7. The molecule has 1 aromatic heterocycles. The molecule has 0 saturated carbocycles. The summed E-state index contributed by atoms with van der Waals surface area (Å²) in [5, 5.41) is 17.7. The molecule has 0 spiro atoms. The molecule has 7 nitrogen and oxygen atoms in total. The molecule has 7 heteroatoms. The van der Waals surface area contributed by atoms with Crippen LogP contribution in [0, 0.1) is 10.1 Å². The van der Waals surface area contributed by atoms with Crippen LogP contribution in [0.5, 0.6) is 0 Å². The molecular weight excluding hydrogens is 224 g/mol. The average Bonchev–Trinajstić information content (AvgIpc) is 2.65. The minimum absolute atomic E-state index is 0.0180. The van der Waals surface area contributed by atoms with E-state index in [0.717, 1.165) is 25.9 Å². The summed E-state index contributed by atoms with van der Waals surface area (Å²) >= 11 is 0. The Labute approximate surface area is 99.9 Å². The summed E-state index contributed by atoms with van der Waals surface area (Å²) in [6.07, 6.45) is 4.37. The highest BCUT2D eigenvalue weighted by molar-refractivity contribution is 5.54. The van der Waals surface area contributed by atoms with Crippen LogP contribution < -0.4 is 5.32 Å². The predicted octanol–water partition coefficient (Wildman–Crippen LogP) is 1.56. The van der Waals surface area contributed by atoms with E-state index in [2.05, 4.69) is 10.4 Å². The van der Waals surface area contributed by atoms with Gasteiger partial charge in [-0.1, -0.05) is 0 Å². The van der Waals surface area contributed by atoms with Gasteiger partial charge in [-0.2, -0.15) is 0 Å². The lowest BCUT2D eigenvalue weighted by atomic mass is 10.2. The molecular formula is C10H18N4O3. The first-order valence-corrected chi connectivity index (χ1v) is 5.56. The summed E-state index contributed by atoms with van der Waals surface area (Å²) in [6, 6.07) is 0. The maximum absolute atomic E-state index is 10.7. The van der Waals surface area contributed by atoms with Crippen molar-refractivity contribution in [3.8, 4) is 0 Å². The van der Waals surface area contributed by atoms with Crippen LogP contribution in [0.25, 0.3) is 0 Å². The number of nitro groups is 1. The van der Waals surface area contributed by atoms with E-state index in [9.17, 15) is 10.1 Å². The van der Waals surface area contributed by atoms with Crippen LogP contribution in [0.1, 0.15) is 19.3 Å². The minimum Gasteiger partial charge on any atom is -0.385 e. The maximum Gasteiger partial charge on any atom is 0.330 e. The van der Waals surface area contributed by atoms with Gasteiger partial charge in [0.1, 0.15) is 6.20 Å². The fourth-order valence-corrected chi connectivity index (χ4v) is 1.49. The molecule has 0 fully saturated rings. The largest absolute Gasteiger partial charge is 0.385 e. The van der Waals surface area contributed by atoms with Crippen molar-refractivity contribution in [1.29, 1.82) is 0 Å². The van der Waals surface area contributed by atoms with Crippen LogP contribution in [0.15, 0.2) is 6.20 Å². The number of aryl methyl sites for hydroxylation is 1. The fourth-order valence-electron chi connectivity index (χ4n) is 1.49. The monoisotopic (exact) mass is 242 g/mol. The average molecular weight is 242 g/mol. The first kappa shape index (κ1) is 13.4. The SMILES string of the molecule is COCCCCCNc1nn(C)cc1[N+](=O)[O-]. The van der Waals surface area contributed by atoms with E-state index >= 15 is 0 Å². The van der Waals surface area contributed by atoms with Crippen molar-refractivity contribution >= 4 is 11.5 Å². The quantitative estimate of drug-likeness (QED) is 0.425. The Kier molecular flexibility index (Phi) is 5.41. The number of unbranched alkanes of at least 4 members (excludes halogenated alkanes) is 2. The molecule has 0 aliphatic heterocycles. The van der Waals surface area contributed by atoms with Crippen molar-refractivity contribution < 1.29 is 9.66 Å². The van der Waals surface area contributed by atoms with Crippen molar-refractivity contribution in [3.05, 3.63) is 16.3 Å². The summed E-state index contributed by atoms with van der Waals surface area (Å²) in [6.45, 7) is 1.44. The number of hydrogen-bond donors (Lipinski definition) is 1. The molecule has 1 N–H and O–H groups in total. The van der Waals surface area contributed by atoms with E-state index < -0.39 is 4.92 Å². The summed E-state index contributed by atoms with van der Waals surface area (Å²) in [4.78, 5) is 10.3. The molecule has 0 aliphatic carbocycles. The highest BCUT2D eigenvalue weighted by Gasteiger charge is 2.17. The Balaban J connectivity index is 2.33. The van der Waals surface area contributed by atoms with E-state index in [1.165, 1.54) is 10.9 Å².